The third-order valence-electron chi connectivity index (χ3n) is 3.55. The second-order valence-corrected chi connectivity index (χ2v) is 6.56. The smallest absolute Gasteiger partial charge is 0.248 e. The fourth-order valence-electron chi connectivity index (χ4n) is 2.22. The molecule has 0 heterocycles. The van der Waals surface area contributed by atoms with Crippen LogP contribution in [-0.2, 0) is 9.59 Å². The van der Waals surface area contributed by atoms with E-state index in [9.17, 15) is 9.59 Å². The van der Waals surface area contributed by atoms with Crippen LogP contribution in [0.1, 0.15) is 31.7 Å². The first-order valence-corrected chi connectivity index (χ1v) is 9.07. The summed E-state index contributed by atoms with van der Waals surface area (Å²) in [6, 6.07) is 12.1. The van der Waals surface area contributed by atoms with E-state index in [0.29, 0.717) is 33.4 Å². The first-order chi connectivity index (χ1) is 12.5. The Kier molecular flexibility index (Phi) is 7.70. The molecule has 0 saturated carbocycles. The average molecular weight is 391 g/mol. The van der Waals surface area contributed by atoms with Crippen molar-refractivity contribution >= 4 is 52.5 Å². The third kappa shape index (κ3) is 6.54. The van der Waals surface area contributed by atoms with Crippen molar-refractivity contribution in [1.29, 1.82) is 0 Å². The Bertz CT molecular complexity index is 819. The van der Waals surface area contributed by atoms with Crippen LogP contribution in [0.4, 0.5) is 11.4 Å². The summed E-state index contributed by atoms with van der Waals surface area (Å²) in [5.41, 5.74) is 1.94. The van der Waals surface area contributed by atoms with Gasteiger partial charge in [0.15, 0.2) is 0 Å². The second-order valence-electron chi connectivity index (χ2n) is 5.72. The molecule has 4 nitrogen and oxygen atoms in total. The van der Waals surface area contributed by atoms with Crippen LogP contribution in [0.25, 0.3) is 6.08 Å². The molecule has 2 aromatic carbocycles. The monoisotopic (exact) mass is 390 g/mol. The quantitative estimate of drug-likeness (QED) is 0.589. The molecule has 6 heteroatoms. The Morgan fingerprint density at radius 3 is 2.46 bits per heavy atom. The lowest BCUT2D eigenvalue weighted by atomic mass is 10.2. The number of amides is 2. The average Bonchev–Trinajstić information content (AvgIpc) is 2.59. The molecular weight excluding hydrogens is 371 g/mol. The number of carbonyl (C=O) groups is 2. The second kappa shape index (κ2) is 10.00. The first-order valence-electron chi connectivity index (χ1n) is 8.32. The van der Waals surface area contributed by atoms with Gasteiger partial charge in [0.1, 0.15) is 0 Å². The summed E-state index contributed by atoms with van der Waals surface area (Å²) in [5, 5.41) is 6.58. The molecule has 0 aromatic heterocycles. The maximum atomic E-state index is 12.1. The predicted molar refractivity (Wildman–Crippen MR) is 109 cm³/mol. The number of rotatable bonds is 7. The van der Waals surface area contributed by atoms with E-state index in [2.05, 4.69) is 10.6 Å². The van der Waals surface area contributed by atoms with Crippen molar-refractivity contribution in [3.8, 4) is 0 Å². The van der Waals surface area contributed by atoms with Gasteiger partial charge < -0.3 is 10.6 Å². The highest BCUT2D eigenvalue weighted by molar-refractivity contribution is 6.35. The molecular formula is C20H20Cl2N2O2. The number of unbranched alkanes of at least 4 members (excludes halogenated alkanes) is 1. The van der Waals surface area contributed by atoms with E-state index in [1.165, 1.54) is 6.08 Å². The van der Waals surface area contributed by atoms with Crippen molar-refractivity contribution in [3.63, 3.8) is 0 Å². The predicted octanol–water partition coefficient (Wildman–Crippen LogP) is 5.77. The Balaban J connectivity index is 1.97. The molecule has 0 radical (unpaired) electrons. The molecule has 26 heavy (non-hydrogen) atoms. The van der Waals surface area contributed by atoms with Crippen molar-refractivity contribution in [2.45, 2.75) is 26.2 Å². The van der Waals surface area contributed by atoms with Crippen LogP contribution < -0.4 is 10.6 Å². The third-order valence-corrected chi connectivity index (χ3v) is 4.11. The van der Waals surface area contributed by atoms with E-state index in [1.807, 2.05) is 6.92 Å². The molecule has 0 bridgehead atoms. The SMILES string of the molecule is CCCCC(=O)Nc1cccc(NC(=O)C=Cc2ccc(Cl)cc2Cl)c1. The molecule has 0 fully saturated rings. The number of anilines is 2. The van der Waals surface area contributed by atoms with Gasteiger partial charge in [-0.05, 0) is 48.4 Å². The maximum Gasteiger partial charge on any atom is 0.248 e. The Hall–Kier alpha value is -2.30. The summed E-state index contributed by atoms with van der Waals surface area (Å²) in [7, 11) is 0. The lowest BCUT2D eigenvalue weighted by Gasteiger charge is -2.07. The first kappa shape index (κ1) is 20.0. The summed E-state index contributed by atoms with van der Waals surface area (Å²) < 4.78 is 0. The number of halogens is 2. The van der Waals surface area contributed by atoms with Gasteiger partial charge in [0.25, 0.3) is 0 Å². The minimum Gasteiger partial charge on any atom is -0.326 e. The van der Waals surface area contributed by atoms with Crippen molar-refractivity contribution in [3.05, 3.63) is 64.1 Å². The van der Waals surface area contributed by atoms with E-state index < -0.39 is 0 Å². The van der Waals surface area contributed by atoms with Crippen LogP contribution in [0.5, 0.6) is 0 Å². The van der Waals surface area contributed by atoms with Crippen LogP contribution in [0.15, 0.2) is 48.5 Å². The van der Waals surface area contributed by atoms with Gasteiger partial charge >= 0.3 is 0 Å². The van der Waals surface area contributed by atoms with Crippen molar-refractivity contribution in [2.75, 3.05) is 10.6 Å². The molecule has 0 unspecified atom stereocenters. The zero-order valence-electron chi connectivity index (χ0n) is 14.4. The van der Waals surface area contributed by atoms with Crippen LogP contribution in [0.3, 0.4) is 0 Å². The molecule has 2 aromatic rings. The Morgan fingerprint density at radius 1 is 1.04 bits per heavy atom. The normalized spacial score (nSPS) is 10.7. The maximum absolute atomic E-state index is 12.1. The van der Waals surface area contributed by atoms with Crippen molar-refractivity contribution < 1.29 is 9.59 Å². The molecule has 2 N–H and O–H groups in total. The van der Waals surface area contributed by atoms with Crippen molar-refractivity contribution in [1.82, 2.24) is 0 Å². The van der Waals surface area contributed by atoms with E-state index in [0.717, 1.165) is 12.8 Å². The van der Waals surface area contributed by atoms with Gasteiger partial charge in [-0.3, -0.25) is 9.59 Å². The van der Waals surface area contributed by atoms with Crippen LogP contribution in [-0.4, -0.2) is 11.8 Å². The van der Waals surface area contributed by atoms with Crippen LogP contribution in [0, 0.1) is 0 Å². The van der Waals surface area contributed by atoms with E-state index >= 15 is 0 Å². The van der Waals surface area contributed by atoms with Gasteiger partial charge in [0.2, 0.25) is 11.8 Å². The van der Waals surface area contributed by atoms with E-state index in [-0.39, 0.29) is 11.8 Å². The van der Waals surface area contributed by atoms with Gasteiger partial charge in [0.05, 0.1) is 0 Å². The highest BCUT2D eigenvalue weighted by Crippen LogP contribution is 2.22. The molecule has 0 aliphatic heterocycles. The fourth-order valence-corrected chi connectivity index (χ4v) is 2.69. The van der Waals surface area contributed by atoms with Crippen molar-refractivity contribution in [2.24, 2.45) is 0 Å². The summed E-state index contributed by atoms with van der Waals surface area (Å²) in [6.45, 7) is 2.04. The number of benzene rings is 2. The molecule has 2 amide bonds. The lowest BCUT2D eigenvalue weighted by molar-refractivity contribution is -0.116. The molecule has 2 rings (SSSR count). The van der Waals surface area contributed by atoms with Gasteiger partial charge in [-0.25, -0.2) is 0 Å². The molecule has 0 aliphatic carbocycles. The van der Waals surface area contributed by atoms with Crippen LogP contribution in [0.2, 0.25) is 10.0 Å². The molecule has 0 atom stereocenters. The topological polar surface area (TPSA) is 58.2 Å². The summed E-state index contributed by atoms with van der Waals surface area (Å²) in [4.78, 5) is 23.9. The van der Waals surface area contributed by atoms with Crippen LogP contribution >= 0.6 is 23.2 Å². The standard InChI is InChI=1S/C20H20Cl2N2O2/c1-2-3-7-19(25)23-16-5-4-6-17(13-16)24-20(26)11-9-14-8-10-15(21)12-18(14)22/h4-6,8-13H,2-3,7H2,1H3,(H,23,25)(H,24,26). The fraction of sp³-hybridized carbons (Fsp3) is 0.200. The zero-order valence-corrected chi connectivity index (χ0v) is 15.9. The van der Waals surface area contributed by atoms with E-state index in [1.54, 1.807) is 48.5 Å². The molecule has 136 valence electrons. The molecule has 0 spiro atoms. The summed E-state index contributed by atoms with van der Waals surface area (Å²) in [5.74, 6) is -0.335. The van der Waals surface area contributed by atoms with Gasteiger partial charge in [-0.15, -0.1) is 0 Å². The highest BCUT2D eigenvalue weighted by atomic mass is 35.5. The number of nitrogens with one attached hydrogen (secondary N) is 2. The lowest BCUT2D eigenvalue weighted by Crippen LogP contribution is -2.12. The van der Waals surface area contributed by atoms with Gasteiger partial charge in [-0.2, -0.15) is 0 Å². The number of carbonyl (C=O) groups excluding carboxylic acids is 2. The summed E-state index contributed by atoms with van der Waals surface area (Å²) >= 11 is 11.9. The van der Waals surface area contributed by atoms with E-state index in [4.69, 9.17) is 23.2 Å². The highest BCUT2D eigenvalue weighted by Gasteiger charge is 2.04. The Labute approximate surface area is 163 Å². The summed E-state index contributed by atoms with van der Waals surface area (Å²) in [6.07, 6.45) is 5.30. The molecule has 0 aliphatic rings. The minimum atomic E-state index is -0.300. The zero-order chi connectivity index (χ0) is 18.9. The largest absolute Gasteiger partial charge is 0.326 e. The Morgan fingerprint density at radius 2 is 1.77 bits per heavy atom. The van der Waals surface area contributed by atoms with Gasteiger partial charge in [0, 0.05) is 33.9 Å². The molecule has 0 saturated heterocycles. The minimum absolute atomic E-state index is 0.0346. The van der Waals surface area contributed by atoms with Gasteiger partial charge in [-0.1, -0.05) is 48.7 Å². The number of hydrogen-bond donors (Lipinski definition) is 2. The number of hydrogen-bond acceptors (Lipinski definition) is 2.